The van der Waals surface area contributed by atoms with Crippen molar-refractivity contribution in [1.29, 1.82) is 0 Å². The minimum Gasteiger partial charge on any atom is -0.336 e. The Morgan fingerprint density at radius 1 is 1.23 bits per heavy atom. The van der Waals surface area contributed by atoms with Gasteiger partial charge in [-0.25, -0.2) is 9.48 Å². The summed E-state index contributed by atoms with van der Waals surface area (Å²) >= 11 is 0. The van der Waals surface area contributed by atoms with Crippen LogP contribution in [0.3, 0.4) is 0 Å². The summed E-state index contributed by atoms with van der Waals surface area (Å²) in [5.74, 6) is -0.228. The first-order valence-electron chi connectivity index (χ1n) is 8.30. The zero-order valence-corrected chi connectivity index (χ0v) is 14.5. The molecule has 0 aliphatic carbocycles. The Morgan fingerprint density at radius 3 is 2.85 bits per heavy atom. The smallest absolute Gasteiger partial charge is 0.322 e. The number of rotatable bonds is 3. The lowest BCUT2D eigenvalue weighted by Crippen LogP contribution is -2.28. The van der Waals surface area contributed by atoms with Crippen LogP contribution in [0.15, 0.2) is 36.4 Å². The third kappa shape index (κ3) is 2.75. The Labute approximate surface area is 149 Å². The van der Waals surface area contributed by atoms with E-state index in [1.54, 1.807) is 34.8 Å². The van der Waals surface area contributed by atoms with Crippen molar-refractivity contribution in [2.45, 2.75) is 6.92 Å². The van der Waals surface area contributed by atoms with Gasteiger partial charge in [0.25, 0.3) is 5.91 Å². The standard InChI is InChI=1S/C18H18N6O2/c1-11-3-5-13(10-15(11)24-8-7-19-18(24)26)20-17(25)12-4-6-14-16(9-12)23(2)22-21-14/h3-6,9-10H,7-8H2,1-2H3,(H,19,26)(H,20,25). The average Bonchev–Trinajstić information content (AvgIpc) is 3.22. The van der Waals surface area contributed by atoms with Gasteiger partial charge in [0.1, 0.15) is 5.52 Å². The Balaban J connectivity index is 1.60. The maximum atomic E-state index is 12.6. The Kier molecular flexibility index (Phi) is 3.80. The molecule has 1 saturated heterocycles. The highest BCUT2D eigenvalue weighted by Crippen LogP contribution is 2.26. The van der Waals surface area contributed by atoms with E-state index < -0.39 is 0 Å². The molecule has 26 heavy (non-hydrogen) atoms. The molecule has 0 radical (unpaired) electrons. The Hall–Kier alpha value is -3.42. The fraction of sp³-hybridized carbons (Fsp3) is 0.222. The van der Waals surface area contributed by atoms with Crippen LogP contribution < -0.4 is 15.5 Å². The lowest BCUT2D eigenvalue weighted by Gasteiger charge is -2.18. The third-order valence-electron chi connectivity index (χ3n) is 4.49. The number of carbonyl (C=O) groups excluding carboxylic acids is 2. The predicted molar refractivity (Wildman–Crippen MR) is 98.4 cm³/mol. The van der Waals surface area contributed by atoms with Crippen LogP contribution in [0, 0.1) is 6.92 Å². The summed E-state index contributed by atoms with van der Waals surface area (Å²) in [6.45, 7) is 3.17. The summed E-state index contributed by atoms with van der Waals surface area (Å²) in [5.41, 5.74) is 4.45. The highest BCUT2D eigenvalue weighted by molar-refractivity contribution is 6.06. The number of amides is 3. The van der Waals surface area contributed by atoms with E-state index in [-0.39, 0.29) is 11.9 Å². The van der Waals surface area contributed by atoms with Gasteiger partial charge >= 0.3 is 6.03 Å². The number of anilines is 2. The van der Waals surface area contributed by atoms with E-state index in [2.05, 4.69) is 20.9 Å². The second-order valence-electron chi connectivity index (χ2n) is 6.26. The van der Waals surface area contributed by atoms with Gasteiger partial charge < -0.3 is 10.6 Å². The largest absolute Gasteiger partial charge is 0.336 e. The van der Waals surface area contributed by atoms with Crippen LogP contribution in [0.2, 0.25) is 0 Å². The molecule has 0 bridgehead atoms. The number of nitrogens with zero attached hydrogens (tertiary/aromatic N) is 4. The molecule has 1 aliphatic rings. The molecule has 8 nitrogen and oxygen atoms in total. The lowest BCUT2D eigenvalue weighted by atomic mass is 10.1. The number of aromatic nitrogens is 3. The van der Waals surface area contributed by atoms with Crippen molar-refractivity contribution >= 4 is 34.3 Å². The molecule has 0 spiro atoms. The number of hydrogen-bond acceptors (Lipinski definition) is 4. The fourth-order valence-electron chi connectivity index (χ4n) is 3.05. The van der Waals surface area contributed by atoms with Crippen LogP contribution in [0.5, 0.6) is 0 Å². The summed E-state index contributed by atoms with van der Waals surface area (Å²) in [7, 11) is 1.78. The van der Waals surface area contributed by atoms with Crippen molar-refractivity contribution in [1.82, 2.24) is 20.3 Å². The Bertz CT molecular complexity index is 1030. The minimum atomic E-state index is -0.228. The van der Waals surface area contributed by atoms with Gasteiger partial charge in [-0.1, -0.05) is 11.3 Å². The molecule has 132 valence electrons. The number of hydrogen-bond donors (Lipinski definition) is 2. The maximum Gasteiger partial charge on any atom is 0.322 e. The van der Waals surface area contributed by atoms with Gasteiger partial charge in [-0.2, -0.15) is 0 Å². The molecule has 0 unspecified atom stereocenters. The van der Waals surface area contributed by atoms with E-state index in [1.165, 1.54) is 0 Å². The van der Waals surface area contributed by atoms with Crippen LogP contribution in [0.1, 0.15) is 15.9 Å². The molecular formula is C18H18N6O2. The van der Waals surface area contributed by atoms with Crippen molar-refractivity contribution in [3.05, 3.63) is 47.5 Å². The number of benzene rings is 2. The molecule has 0 saturated carbocycles. The van der Waals surface area contributed by atoms with Crippen molar-refractivity contribution in [2.75, 3.05) is 23.3 Å². The fourth-order valence-corrected chi connectivity index (χ4v) is 3.05. The first kappa shape index (κ1) is 16.1. The first-order chi connectivity index (χ1) is 12.5. The van der Waals surface area contributed by atoms with E-state index in [4.69, 9.17) is 0 Å². The summed E-state index contributed by atoms with van der Waals surface area (Å²) in [4.78, 5) is 26.2. The monoisotopic (exact) mass is 350 g/mol. The molecule has 0 atom stereocenters. The van der Waals surface area contributed by atoms with Crippen LogP contribution >= 0.6 is 0 Å². The van der Waals surface area contributed by atoms with Crippen LogP contribution in [0.4, 0.5) is 16.2 Å². The van der Waals surface area contributed by atoms with E-state index in [0.717, 1.165) is 22.3 Å². The van der Waals surface area contributed by atoms with Crippen LogP contribution in [-0.2, 0) is 7.05 Å². The maximum absolute atomic E-state index is 12.6. The second kappa shape index (κ2) is 6.14. The zero-order chi connectivity index (χ0) is 18.3. The van der Waals surface area contributed by atoms with E-state index in [1.807, 2.05) is 25.1 Å². The molecule has 8 heteroatoms. The van der Waals surface area contributed by atoms with Crippen molar-refractivity contribution < 1.29 is 9.59 Å². The van der Waals surface area contributed by atoms with Crippen molar-refractivity contribution in [3.8, 4) is 0 Å². The molecule has 2 heterocycles. The van der Waals surface area contributed by atoms with Gasteiger partial charge in [0.15, 0.2) is 0 Å². The second-order valence-corrected chi connectivity index (χ2v) is 6.26. The topological polar surface area (TPSA) is 92.2 Å². The molecular weight excluding hydrogens is 332 g/mol. The molecule has 3 aromatic rings. The van der Waals surface area contributed by atoms with Gasteiger partial charge in [0, 0.05) is 31.4 Å². The quantitative estimate of drug-likeness (QED) is 0.756. The van der Waals surface area contributed by atoms with Gasteiger partial charge in [-0.05, 0) is 42.8 Å². The summed E-state index contributed by atoms with van der Waals surface area (Å²) in [6.07, 6.45) is 0. The number of carbonyl (C=O) groups is 2. The van der Waals surface area contributed by atoms with Gasteiger partial charge in [-0.3, -0.25) is 9.69 Å². The Morgan fingerprint density at radius 2 is 2.08 bits per heavy atom. The van der Waals surface area contributed by atoms with E-state index >= 15 is 0 Å². The lowest BCUT2D eigenvalue weighted by molar-refractivity contribution is 0.102. The first-order valence-corrected chi connectivity index (χ1v) is 8.30. The highest BCUT2D eigenvalue weighted by atomic mass is 16.2. The molecule has 1 fully saturated rings. The number of urea groups is 1. The zero-order valence-electron chi connectivity index (χ0n) is 14.5. The van der Waals surface area contributed by atoms with Crippen LogP contribution in [0.25, 0.3) is 11.0 Å². The molecule has 2 N–H and O–H groups in total. The van der Waals surface area contributed by atoms with Crippen LogP contribution in [-0.4, -0.2) is 40.0 Å². The summed E-state index contributed by atoms with van der Waals surface area (Å²) in [5, 5.41) is 13.6. The van der Waals surface area contributed by atoms with Gasteiger partial charge in [0.05, 0.1) is 11.2 Å². The molecule has 4 rings (SSSR count). The molecule has 1 aromatic heterocycles. The molecule has 3 amide bonds. The molecule has 2 aromatic carbocycles. The third-order valence-corrected chi connectivity index (χ3v) is 4.49. The number of fused-ring (bicyclic) bond motifs is 1. The normalized spacial score (nSPS) is 13.9. The minimum absolute atomic E-state index is 0.120. The van der Waals surface area contributed by atoms with Crippen molar-refractivity contribution in [3.63, 3.8) is 0 Å². The average molecular weight is 350 g/mol. The number of nitrogens with one attached hydrogen (secondary N) is 2. The van der Waals surface area contributed by atoms with E-state index in [0.29, 0.717) is 24.3 Å². The van der Waals surface area contributed by atoms with E-state index in [9.17, 15) is 9.59 Å². The van der Waals surface area contributed by atoms with Gasteiger partial charge in [-0.15, -0.1) is 5.10 Å². The molecule has 1 aliphatic heterocycles. The highest BCUT2D eigenvalue weighted by Gasteiger charge is 2.23. The number of aryl methyl sites for hydroxylation is 2. The SMILES string of the molecule is Cc1ccc(NC(=O)c2ccc3nnn(C)c3c2)cc1N1CCNC1=O. The predicted octanol–water partition coefficient (Wildman–Crippen LogP) is 2.06. The summed E-state index contributed by atoms with van der Waals surface area (Å²) in [6, 6.07) is 10.7. The summed E-state index contributed by atoms with van der Waals surface area (Å²) < 4.78 is 1.63. The van der Waals surface area contributed by atoms with Gasteiger partial charge in [0.2, 0.25) is 0 Å². The van der Waals surface area contributed by atoms with Crippen molar-refractivity contribution in [2.24, 2.45) is 7.05 Å².